The third kappa shape index (κ3) is 5.15. The molecule has 0 aromatic carbocycles. The highest BCUT2D eigenvalue weighted by atomic mass is 16.5. The predicted molar refractivity (Wildman–Crippen MR) is 69.3 cm³/mol. The summed E-state index contributed by atoms with van der Waals surface area (Å²) in [5.74, 6) is 0.273. The van der Waals surface area contributed by atoms with Crippen LogP contribution in [-0.2, 0) is 9.53 Å². The van der Waals surface area contributed by atoms with Crippen molar-refractivity contribution >= 4 is 5.78 Å². The first kappa shape index (κ1) is 14.6. The Morgan fingerprint density at radius 1 is 1.41 bits per heavy atom. The first-order chi connectivity index (χ1) is 8.17. The maximum Gasteiger partial charge on any atom is 0.143 e. The first-order valence-corrected chi connectivity index (χ1v) is 6.62. The van der Waals surface area contributed by atoms with E-state index >= 15 is 0 Å². The number of hydrogen-bond donors (Lipinski definition) is 0. The average Bonchev–Trinajstić information content (AvgIpc) is 2.31. The fraction of sp³-hybridized carbons (Fsp3) is 0.923. The molecule has 0 atom stereocenters. The summed E-state index contributed by atoms with van der Waals surface area (Å²) in [5, 5.41) is 0. The van der Waals surface area contributed by atoms with Crippen LogP contribution in [-0.4, -0.2) is 68.1 Å². The molecule has 17 heavy (non-hydrogen) atoms. The van der Waals surface area contributed by atoms with E-state index < -0.39 is 0 Å². The summed E-state index contributed by atoms with van der Waals surface area (Å²) in [6.45, 7) is 9.51. The number of likely N-dealkylation sites (tertiary alicyclic amines) is 1. The van der Waals surface area contributed by atoms with E-state index in [1.165, 1.54) is 12.8 Å². The second kappa shape index (κ2) is 7.80. The zero-order chi connectivity index (χ0) is 12.7. The van der Waals surface area contributed by atoms with Gasteiger partial charge in [0.2, 0.25) is 0 Å². The van der Waals surface area contributed by atoms with Crippen molar-refractivity contribution in [2.45, 2.75) is 32.7 Å². The Hall–Kier alpha value is -0.450. The molecule has 4 nitrogen and oxygen atoms in total. The Morgan fingerprint density at radius 2 is 2.06 bits per heavy atom. The highest BCUT2D eigenvalue weighted by Gasteiger charge is 2.23. The van der Waals surface area contributed by atoms with Crippen molar-refractivity contribution in [3.05, 3.63) is 0 Å². The van der Waals surface area contributed by atoms with Crippen LogP contribution in [0, 0.1) is 0 Å². The molecule has 0 N–H and O–H groups in total. The number of piperidine rings is 1. The Morgan fingerprint density at radius 3 is 2.53 bits per heavy atom. The van der Waals surface area contributed by atoms with Gasteiger partial charge >= 0.3 is 0 Å². The van der Waals surface area contributed by atoms with Gasteiger partial charge in [-0.2, -0.15) is 0 Å². The van der Waals surface area contributed by atoms with Crippen molar-refractivity contribution in [3.8, 4) is 0 Å². The third-order valence-electron chi connectivity index (χ3n) is 3.51. The van der Waals surface area contributed by atoms with Crippen molar-refractivity contribution in [2.24, 2.45) is 0 Å². The fourth-order valence-electron chi connectivity index (χ4n) is 2.56. The van der Waals surface area contributed by atoms with Crippen molar-refractivity contribution in [1.29, 1.82) is 0 Å². The van der Waals surface area contributed by atoms with Gasteiger partial charge in [-0.25, -0.2) is 0 Å². The molecule has 1 saturated heterocycles. The minimum atomic E-state index is 0.273. The number of likely N-dealkylation sites (N-methyl/N-ethyl adjacent to an activating group) is 1. The van der Waals surface area contributed by atoms with Crippen molar-refractivity contribution < 1.29 is 9.53 Å². The summed E-state index contributed by atoms with van der Waals surface area (Å²) in [6, 6.07) is 0.665. The topological polar surface area (TPSA) is 32.8 Å². The summed E-state index contributed by atoms with van der Waals surface area (Å²) in [5.41, 5.74) is 0. The smallest absolute Gasteiger partial charge is 0.143 e. The number of carbonyl (C=O) groups excluding carboxylic acids is 1. The molecule has 0 amide bonds. The van der Waals surface area contributed by atoms with Crippen LogP contribution in [0.3, 0.4) is 0 Å². The monoisotopic (exact) mass is 242 g/mol. The molecule has 0 radical (unpaired) electrons. The van der Waals surface area contributed by atoms with Gasteiger partial charge in [0.15, 0.2) is 0 Å². The summed E-state index contributed by atoms with van der Waals surface area (Å²) in [6.07, 6.45) is 2.34. The molecule has 1 aliphatic heterocycles. The van der Waals surface area contributed by atoms with E-state index in [1.54, 1.807) is 14.0 Å². The lowest BCUT2D eigenvalue weighted by molar-refractivity contribution is -0.118. The molecule has 1 heterocycles. The normalized spacial score (nSPS) is 18.8. The summed E-state index contributed by atoms with van der Waals surface area (Å²) in [7, 11) is 1.75. The first-order valence-electron chi connectivity index (χ1n) is 6.62. The number of nitrogens with zero attached hydrogens (tertiary/aromatic N) is 2. The maximum atomic E-state index is 11.1. The number of Topliss-reactive ketones (excluding diaryl/α,β-unsaturated/α-hetero) is 1. The zero-order valence-corrected chi connectivity index (χ0v) is 11.4. The fourth-order valence-corrected chi connectivity index (χ4v) is 2.56. The van der Waals surface area contributed by atoms with E-state index in [0.717, 1.165) is 32.8 Å². The number of ketones is 1. The predicted octanol–water partition coefficient (Wildman–Crippen LogP) is 1.01. The largest absolute Gasteiger partial charge is 0.383 e. The van der Waals surface area contributed by atoms with Gasteiger partial charge in [0, 0.05) is 32.8 Å². The van der Waals surface area contributed by atoms with Gasteiger partial charge in [0.05, 0.1) is 13.2 Å². The maximum absolute atomic E-state index is 11.1. The van der Waals surface area contributed by atoms with E-state index in [-0.39, 0.29) is 5.78 Å². The van der Waals surface area contributed by atoms with Gasteiger partial charge in [-0.15, -0.1) is 0 Å². The molecule has 1 rings (SSSR count). The van der Waals surface area contributed by atoms with Crippen molar-refractivity contribution in [1.82, 2.24) is 9.80 Å². The Labute approximate surface area is 105 Å². The van der Waals surface area contributed by atoms with E-state index in [0.29, 0.717) is 12.6 Å². The Kier molecular flexibility index (Phi) is 6.70. The minimum absolute atomic E-state index is 0.273. The summed E-state index contributed by atoms with van der Waals surface area (Å²) in [4.78, 5) is 15.8. The summed E-state index contributed by atoms with van der Waals surface area (Å²) >= 11 is 0. The summed E-state index contributed by atoms with van der Waals surface area (Å²) < 4.78 is 5.14. The van der Waals surface area contributed by atoms with E-state index in [9.17, 15) is 4.79 Å². The van der Waals surface area contributed by atoms with Crippen LogP contribution in [0.15, 0.2) is 0 Å². The average molecular weight is 242 g/mol. The van der Waals surface area contributed by atoms with Gasteiger partial charge in [-0.1, -0.05) is 6.92 Å². The molecule has 0 saturated carbocycles. The van der Waals surface area contributed by atoms with Gasteiger partial charge in [-0.05, 0) is 26.3 Å². The van der Waals surface area contributed by atoms with Gasteiger partial charge in [-0.3, -0.25) is 14.6 Å². The second-order valence-corrected chi connectivity index (χ2v) is 4.83. The van der Waals surface area contributed by atoms with E-state index in [2.05, 4.69) is 16.7 Å². The Balaban J connectivity index is 2.31. The lowest BCUT2D eigenvalue weighted by Crippen LogP contribution is -2.46. The van der Waals surface area contributed by atoms with Crippen molar-refractivity contribution in [3.63, 3.8) is 0 Å². The quantitative estimate of drug-likeness (QED) is 0.667. The van der Waals surface area contributed by atoms with Gasteiger partial charge in [0.1, 0.15) is 5.78 Å². The third-order valence-corrected chi connectivity index (χ3v) is 3.51. The van der Waals surface area contributed by atoms with E-state index in [1.807, 2.05) is 0 Å². The highest BCUT2D eigenvalue weighted by Crippen LogP contribution is 2.16. The molecule has 0 unspecified atom stereocenters. The number of rotatable bonds is 7. The molecule has 1 fully saturated rings. The number of methoxy groups -OCH3 is 1. The van der Waals surface area contributed by atoms with Gasteiger partial charge < -0.3 is 4.74 Å². The standard InChI is InChI=1S/C13H26N2O2/c1-4-15(9-10-17-3)13-5-7-14(8-6-13)11-12(2)16/h13H,4-11H2,1-3H3. The molecule has 100 valence electrons. The molecular formula is C13H26N2O2. The number of carbonyl (C=O) groups is 1. The minimum Gasteiger partial charge on any atom is -0.383 e. The van der Waals surface area contributed by atoms with Crippen LogP contribution in [0.25, 0.3) is 0 Å². The second-order valence-electron chi connectivity index (χ2n) is 4.83. The van der Waals surface area contributed by atoms with Crippen LogP contribution in [0.4, 0.5) is 0 Å². The molecule has 4 heteroatoms. The van der Waals surface area contributed by atoms with E-state index in [4.69, 9.17) is 4.74 Å². The van der Waals surface area contributed by atoms with Crippen LogP contribution in [0.2, 0.25) is 0 Å². The molecular weight excluding hydrogens is 216 g/mol. The highest BCUT2D eigenvalue weighted by molar-refractivity contribution is 5.77. The van der Waals surface area contributed by atoms with Crippen LogP contribution < -0.4 is 0 Å². The number of ether oxygens (including phenoxy) is 1. The number of hydrogen-bond acceptors (Lipinski definition) is 4. The molecule has 0 aromatic rings. The molecule has 0 aromatic heterocycles. The van der Waals surface area contributed by atoms with Crippen LogP contribution in [0.5, 0.6) is 0 Å². The molecule has 1 aliphatic rings. The molecule has 0 spiro atoms. The lowest BCUT2D eigenvalue weighted by atomic mass is 10.0. The van der Waals surface area contributed by atoms with Crippen LogP contribution in [0.1, 0.15) is 26.7 Å². The SMILES string of the molecule is CCN(CCOC)C1CCN(CC(C)=O)CC1. The molecule has 0 bridgehead atoms. The van der Waals surface area contributed by atoms with Crippen LogP contribution >= 0.6 is 0 Å². The Bertz CT molecular complexity index is 225. The zero-order valence-electron chi connectivity index (χ0n) is 11.4. The molecule has 0 aliphatic carbocycles. The van der Waals surface area contributed by atoms with Gasteiger partial charge in [0.25, 0.3) is 0 Å². The lowest BCUT2D eigenvalue weighted by Gasteiger charge is -2.37. The van der Waals surface area contributed by atoms with Crippen molar-refractivity contribution in [2.75, 3.05) is 46.4 Å².